The Hall–Kier alpha value is -4.91. The highest BCUT2D eigenvalue weighted by Gasteiger charge is 2.12. The van der Waals surface area contributed by atoms with Crippen LogP contribution < -0.4 is 20.5 Å². The Bertz CT molecular complexity index is 1580. The molecule has 0 spiro atoms. The fourth-order valence-electron chi connectivity index (χ4n) is 3.98. The quantitative estimate of drug-likeness (QED) is 0.208. The van der Waals surface area contributed by atoms with Crippen LogP contribution in [0, 0.1) is 0 Å². The summed E-state index contributed by atoms with van der Waals surface area (Å²) in [6, 6.07) is 32.7. The van der Waals surface area contributed by atoms with Gasteiger partial charge < -0.3 is 9.47 Å². The van der Waals surface area contributed by atoms with Gasteiger partial charge in [0.05, 0.1) is 23.7 Å². The minimum atomic E-state index is -0.320. The van der Waals surface area contributed by atoms with Gasteiger partial charge in [0.15, 0.2) is 11.5 Å². The summed E-state index contributed by atoms with van der Waals surface area (Å²) in [6.07, 6.45) is 1.65. The second-order valence-electron chi connectivity index (χ2n) is 8.21. The minimum absolute atomic E-state index is 0.319. The van der Waals surface area contributed by atoms with Crippen LogP contribution in [0.2, 0.25) is 0 Å². The molecule has 0 amide bonds. The molecule has 0 saturated carbocycles. The van der Waals surface area contributed by atoms with Crippen molar-refractivity contribution in [1.82, 2.24) is 9.55 Å². The first-order valence-corrected chi connectivity index (χ1v) is 12.0. The summed E-state index contributed by atoms with van der Waals surface area (Å²) in [5.74, 6) is 1.61. The Morgan fingerprint density at radius 2 is 1.59 bits per heavy atom. The van der Waals surface area contributed by atoms with Gasteiger partial charge in [-0.25, -0.2) is 5.43 Å². The SMILES string of the molecule is CCOc1cc(/C=N\Nc2nc(=O)c3ccccc3n2-c2ccccc2)ccc1OCc1ccccc1. The molecule has 37 heavy (non-hydrogen) atoms. The fourth-order valence-corrected chi connectivity index (χ4v) is 3.98. The van der Waals surface area contributed by atoms with Crippen LogP contribution in [0.3, 0.4) is 0 Å². The lowest BCUT2D eigenvalue weighted by Crippen LogP contribution is -2.16. The number of para-hydroxylation sites is 2. The molecule has 7 heteroatoms. The molecule has 0 fully saturated rings. The van der Waals surface area contributed by atoms with Crippen molar-refractivity contribution in [2.75, 3.05) is 12.0 Å². The van der Waals surface area contributed by atoms with Gasteiger partial charge >= 0.3 is 0 Å². The van der Waals surface area contributed by atoms with E-state index in [0.29, 0.717) is 36.0 Å². The predicted molar refractivity (Wildman–Crippen MR) is 147 cm³/mol. The third-order valence-corrected chi connectivity index (χ3v) is 5.69. The summed E-state index contributed by atoms with van der Waals surface area (Å²) in [4.78, 5) is 16.9. The highest BCUT2D eigenvalue weighted by atomic mass is 16.5. The molecule has 1 heterocycles. The van der Waals surface area contributed by atoms with Gasteiger partial charge in [-0.05, 0) is 60.5 Å². The van der Waals surface area contributed by atoms with Crippen LogP contribution in [-0.4, -0.2) is 22.4 Å². The molecule has 1 aromatic heterocycles. The van der Waals surface area contributed by atoms with Crippen LogP contribution in [0.25, 0.3) is 16.6 Å². The number of nitrogens with one attached hydrogen (secondary N) is 1. The molecule has 0 atom stereocenters. The van der Waals surface area contributed by atoms with Gasteiger partial charge in [-0.1, -0.05) is 60.7 Å². The molecule has 0 radical (unpaired) electrons. The van der Waals surface area contributed by atoms with Crippen molar-refractivity contribution in [3.8, 4) is 17.2 Å². The molecule has 0 unspecified atom stereocenters. The van der Waals surface area contributed by atoms with E-state index < -0.39 is 0 Å². The molecule has 0 aliphatic heterocycles. The van der Waals surface area contributed by atoms with Gasteiger partial charge in [-0.2, -0.15) is 10.1 Å². The normalized spacial score (nSPS) is 11.1. The van der Waals surface area contributed by atoms with Crippen LogP contribution in [0.4, 0.5) is 5.95 Å². The van der Waals surface area contributed by atoms with Crippen molar-refractivity contribution < 1.29 is 9.47 Å². The third kappa shape index (κ3) is 5.51. The monoisotopic (exact) mass is 490 g/mol. The number of benzene rings is 4. The van der Waals surface area contributed by atoms with Gasteiger partial charge in [0.2, 0.25) is 5.95 Å². The van der Waals surface area contributed by atoms with Crippen molar-refractivity contribution in [2.24, 2.45) is 5.10 Å². The molecule has 7 nitrogen and oxygen atoms in total. The maximum Gasteiger partial charge on any atom is 0.282 e. The highest BCUT2D eigenvalue weighted by molar-refractivity contribution is 5.83. The molecule has 0 aliphatic rings. The summed E-state index contributed by atoms with van der Waals surface area (Å²) < 4.78 is 13.7. The smallest absolute Gasteiger partial charge is 0.282 e. The minimum Gasteiger partial charge on any atom is -0.490 e. The lowest BCUT2D eigenvalue weighted by molar-refractivity contribution is 0.269. The van der Waals surface area contributed by atoms with Gasteiger partial charge in [-0.3, -0.25) is 9.36 Å². The number of anilines is 1. The van der Waals surface area contributed by atoms with Gasteiger partial charge in [0.1, 0.15) is 6.61 Å². The van der Waals surface area contributed by atoms with Gasteiger partial charge in [0.25, 0.3) is 5.56 Å². The van der Waals surface area contributed by atoms with Gasteiger partial charge in [-0.15, -0.1) is 0 Å². The second kappa shape index (κ2) is 11.2. The zero-order valence-corrected chi connectivity index (χ0v) is 20.4. The van der Waals surface area contributed by atoms with Crippen molar-refractivity contribution >= 4 is 23.1 Å². The van der Waals surface area contributed by atoms with Crippen LogP contribution in [0.1, 0.15) is 18.1 Å². The topological polar surface area (TPSA) is 77.7 Å². The summed E-state index contributed by atoms with van der Waals surface area (Å²) in [7, 11) is 0. The van der Waals surface area contributed by atoms with E-state index in [1.165, 1.54) is 0 Å². The summed E-state index contributed by atoms with van der Waals surface area (Å²) in [5, 5.41) is 4.91. The van der Waals surface area contributed by atoms with E-state index >= 15 is 0 Å². The van der Waals surface area contributed by atoms with Crippen molar-refractivity contribution in [2.45, 2.75) is 13.5 Å². The standard InChI is InChI=1S/C30H26N4O3/c1-2-36-28-19-23(17-18-27(28)37-21-22-11-5-3-6-12-22)20-31-33-30-32-29(35)25-15-9-10-16-26(25)34(30)24-13-7-4-8-14-24/h3-20H,2,21H2,1H3,(H,32,33,35)/b31-20-. The molecule has 1 N–H and O–H groups in total. The molecule has 0 saturated heterocycles. The molecule has 0 bridgehead atoms. The first-order chi connectivity index (χ1) is 18.2. The lowest BCUT2D eigenvalue weighted by atomic mass is 10.2. The predicted octanol–water partition coefficient (Wildman–Crippen LogP) is 5.81. The largest absolute Gasteiger partial charge is 0.490 e. The van der Waals surface area contributed by atoms with Crippen LogP contribution in [0.15, 0.2) is 113 Å². The number of hydrogen-bond acceptors (Lipinski definition) is 6. The number of ether oxygens (including phenoxy) is 2. The molecule has 5 rings (SSSR count). The maximum atomic E-state index is 12.7. The van der Waals surface area contributed by atoms with Crippen molar-refractivity contribution in [3.05, 3.63) is 125 Å². The molecule has 0 aliphatic carbocycles. The van der Waals surface area contributed by atoms with Crippen molar-refractivity contribution in [3.63, 3.8) is 0 Å². The Morgan fingerprint density at radius 3 is 2.38 bits per heavy atom. The summed E-state index contributed by atoms with van der Waals surface area (Å²) in [6.45, 7) is 2.88. The van der Waals surface area contributed by atoms with E-state index in [-0.39, 0.29) is 5.56 Å². The van der Waals surface area contributed by atoms with Crippen LogP contribution in [-0.2, 0) is 6.61 Å². The van der Waals surface area contributed by atoms with E-state index in [2.05, 4.69) is 15.5 Å². The van der Waals surface area contributed by atoms with E-state index in [1.807, 2.05) is 109 Å². The fraction of sp³-hybridized carbons (Fsp3) is 0.100. The zero-order chi connectivity index (χ0) is 25.5. The number of nitrogens with zero attached hydrogens (tertiary/aromatic N) is 3. The third-order valence-electron chi connectivity index (χ3n) is 5.69. The maximum absolute atomic E-state index is 12.7. The molecule has 4 aromatic carbocycles. The first kappa shape index (κ1) is 23.8. The first-order valence-electron chi connectivity index (χ1n) is 12.0. The number of rotatable bonds is 9. The Kier molecular flexibility index (Phi) is 7.22. The Balaban J connectivity index is 1.41. The highest BCUT2D eigenvalue weighted by Crippen LogP contribution is 2.29. The van der Waals surface area contributed by atoms with Gasteiger partial charge in [0, 0.05) is 5.69 Å². The number of hydrazone groups is 1. The average molecular weight is 491 g/mol. The number of hydrogen-bond donors (Lipinski definition) is 1. The second-order valence-corrected chi connectivity index (χ2v) is 8.21. The van der Waals surface area contributed by atoms with E-state index in [9.17, 15) is 4.79 Å². The van der Waals surface area contributed by atoms with Crippen molar-refractivity contribution in [1.29, 1.82) is 0 Å². The Labute approximate surface area is 214 Å². The molecular weight excluding hydrogens is 464 g/mol. The summed E-state index contributed by atoms with van der Waals surface area (Å²) in [5.41, 5.74) is 6.12. The lowest BCUT2D eigenvalue weighted by Gasteiger charge is -2.15. The molecular formula is C30H26N4O3. The van der Waals surface area contributed by atoms with Crippen LogP contribution >= 0.6 is 0 Å². The Morgan fingerprint density at radius 1 is 0.865 bits per heavy atom. The summed E-state index contributed by atoms with van der Waals surface area (Å²) >= 11 is 0. The van der Waals surface area contributed by atoms with E-state index in [1.54, 1.807) is 12.3 Å². The number of fused-ring (bicyclic) bond motifs is 1. The number of aromatic nitrogens is 2. The van der Waals surface area contributed by atoms with Crippen LogP contribution in [0.5, 0.6) is 11.5 Å². The van der Waals surface area contributed by atoms with E-state index in [4.69, 9.17) is 9.47 Å². The molecule has 184 valence electrons. The zero-order valence-electron chi connectivity index (χ0n) is 20.4. The van der Waals surface area contributed by atoms with E-state index in [0.717, 1.165) is 22.3 Å². The average Bonchev–Trinajstić information content (AvgIpc) is 2.94. The molecule has 5 aromatic rings.